The fraction of sp³-hybridized carbons (Fsp3) is 0.185. The Morgan fingerprint density at radius 2 is 1.55 bits per heavy atom. The van der Waals surface area contributed by atoms with Crippen molar-refractivity contribution in [2.24, 2.45) is 0 Å². The lowest BCUT2D eigenvalue weighted by molar-refractivity contribution is -0.137. The Morgan fingerprint density at radius 1 is 0.868 bits per heavy atom. The van der Waals surface area contributed by atoms with Crippen molar-refractivity contribution in [1.29, 1.82) is 0 Å². The molecular weight excluding hydrogens is 497 g/mol. The summed E-state index contributed by atoms with van der Waals surface area (Å²) in [5, 5.41) is 6.20. The molecule has 0 bridgehead atoms. The van der Waals surface area contributed by atoms with Gasteiger partial charge in [0.1, 0.15) is 17.8 Å². The molecule has 3 aromatic heterocycles. The van der Waals surface area contributed by atoms with Gasteiger partial charge in [0.05, 0.1) is 29.3 Å². The fourth-order valence-corrected chi connectivity index (χ4v) is 3.10. The lowest BCUT2D eigenvalue weighted by Gasteiger charge is -2.10. The second kappa shape index (κ2) is 14.2. The predicted molar refractivity (Wildman–Crippen MR) is 141 cm³/mol. The smallest absolute Gasteiger partial charge is 0.388 e. The van der Waals surface area contributed by atoms with Crippen molar-refractivity contribution in [2.75, 3.05) is 24.7 Å². The molecule has 3 heterocycles. The van der Waals surface area contributed by atoms with Crippen LogP contribution < -0.4 is 10.6 Å². The molecule has 38 heavy (non-hydrogen) atoms. The van der Waals surface area contributed by atoms with E-state index in [9.17, 15) is 18.0 Å². The van der Waals surface area contributed by atoms with Crippen LogP contribution in [0, 0.1) is 6.92 Å². The van der Waals surface area contributed by atoms with Crippen LogP contribution in [-0.4, -0.2) is 46.6 Å². The molecule has 0 aliphatic rings. The Labute approximate surface area is 218 Å². The van der Waals surface area contributed by atoms with Crippen LogP contribution in [0.25, 0.3) is 22.5 Å². The number of nitrogens with one attached hydrogen (secondary N) is 2. The zero-order valence-corrected chi connectivity index (χ0v) is 21.2. The number of alkyl halides is 3. The highest BCUT2D eigenvalue weighted by molar-refractivity contribution is 5.72. The first-order chi connectivity index (χ1) is 18.2. The highest BCUT2D eigenvalue weighted by Crippen LogP contribution is 2.29. The molecule has 0 aliphatic heterocycles. The van der Waals surface area contributed by atoms with Gasteiger partial charge in [0.2, 0.25) is 0 Å². The van der Waals surface area contributed by atoms with Gasteiger partial charge < -0.3 is 15.4 Å². The van der Waals surface area contributed by atoms with Crippen LogP contribution in [0.3, 0.4) is 0 Å². The number of benzene rings is 1. The van der Waals surface area contributed by atoms with Gasteiger partial charge in [0, 0.05) is 43.3 Å². The van der Waals surface area contributed by atoms with Crippen molar-refractivity contribution >= 4 is 24.1 Å². The number of halogens is 3. The third-order valence-electron chi connectivity index (χ3n) is 4.98. The highest BCUT2D eigenvalue weighted by Gasteiger charge is 2.30. The first kappa shape index (κ1) is 29.6. The summed E-state index contributed by atoms with van der Waals surface area (Å²) in [7, 11) is 3.76. The lowest BCUT2D eigenvalue weighted by Crippen LogP contribution is -2.05. The Bertz CT molecular complexity index is 1360. The third kappa shape index (κ3) is 8.47. The predicted octanol–water partition coefficient (Wildman–Crippen LogP) is 5.72. The maximum atomic E-state index is 12.0. The zero-order valence-electron chi connectivity index (χ0n) is 21.2. The molecular formula is C27H27F3N6O2. The first-order valence-corrected chi connectivity index (χ1v) is 11.3. The molecule has 0 saturated carbocycles. The van der Waals surface area contributed by atoms with E-state index < -0.39 is 11.7 Å². The number of rotatable bonds is 5. The Balaban J connectivity index is 0.000000284. The van der Waals surface area contributed by atoms with Crippen LogP contribution in [0.5, 0.6) is 0 Å². The number of aldehydes is 2. The van der Waals surface area contributed by atoms with E-state index in [1.165, 1.54) is 12.5 Å². The topological polar surface area (TPSA) is 110 Å². The van der Waals surface area contributed by atoms with Crippen LogP contribution in [0.1, 0.15) is 28.5 Å². The molecule has 0 radical (unpaired) electrons. The molecule has 0 fully saturated rings. The van der Waals surface area contributed by atoms with Gasteiger partial charge in [-0.15, -0.1) is 0 Å². The SMILES string of the molecule is CC=O.CNc1ccc(C)c(-c2cncc(-c3ccnc(NC)c3)n2)c1.O=Cc1cc(C(F)(F)F)ccn1. The maximum absolute atomic E-state index is 12.0. The summed E-state index contributed by atoms with van der Waals surface area (Å²) in [5.74, 6) is 0.808. The summed E-state index contributed by atoms with van der Waals surface area (Å²) in [5.41, 5.74) is 4.90. The van der Waals surface area contributed by atoms with Crippen molar-refractivity contribution in [1.82, 2.24) is 19.9 Å². The van der Waals surface area contributed by atoms with E-state index in [2.05, 4.69) is 50.7 Å². The molecule has 11 heteroatoms. The standard InChI is InChI=1S/C18H19N5.C7H4F3NO.C2H4O/c1-12-4-5-14(19-2)9-15(12)17-11-21-10-16(23-17)13-6-7-22-18(8-13)20-3;8-7(9,10)5-1-2-11-6(3-5)4-12;1-2-3/h4-11,19H,1-3H3,(H,20,22);1-4H;2H,1H3. The summed E-state index contributed by atoms with van der Waals surface area (Å²) in [4.78, 5) is 35.6. The quantitative estimate of drug-likeness (QED) is 0.319. The van der Waals surface area contributed by atoms with Gasteiger partial charge in [-0.1, -0.05) is 6.07 Å². The van der Waals surface area contributed by atoms with Gasteiger partial charge in [-0.3, -0.25) is 14.8 Å². The molecule has 4 aromatic rings. The van der Waals surface area contributed by atoms with E-state index in [0.29, 0.717) is 6.07 Å². The number of carbonyl (C=O) groups is 2. The second-order valence-electron chi connectivity index (χ2n) is 7.57. The number of nitrogens with zero attached hydrogens (tertiary/aromatic N) is 4. The number of carbonyl (C=O) groups excluding carboxylic acids is 2. The second-order valence-corrected chi connectivity index (χ2v) is 7.57. The van der Waals surface area contributed by atoms with Crippen molar-refractivity contribution in [3.63, 3.8) is 0 Å². The van der Waals surface area contributed by atoms with E-state index in [4.69, 9.17) is 9.78 Å². The third-order valence-corrected chi connectivity index (χ3v) is 4.98. The van der Waals surface area contributed by atoms with Crippen LogP contribution in [-0.2, 0) is 11.0 Å². The molecule has 1 aromatic carbocycles. The average molecular weight is 525 g/mol. The van der Waals surface area contributed by atoms with Crippen molar-refractivity contribution < 1.29 is 22.8 Å². The Kier molecular flexibility index (Phi) is 11.0. The normalized spacial score (nSPS) is 10.2. The Morgan fingerprint density at radius 3 is 2.18 bits per heavy atom. The first-order valence-electron chi connectivity index (χ1n) is 11.3. The monoisotopic (exact) mass is 524 g/mol. The molecule has 0 amide bonds. The van der Waals surface area contributed by atoms with Gasteiger partial charge in [0.15, 0.2) is 6.29 Å². The summed E-state index contributed by atoms with van der Waals surface area (Å²) in [6.07, 6.45) is 2.89. The number of hydrogen-bond acceptors (Lipinski definition) is 8. The lowest BCUT2D eigenvalue weighted by atomic mass is 10.0. The highest BCUT2D eigenvalue weighted by atomic mass is 19.4. The van der Waals surface area contributed by atoms with Crippen molar-refractivity contribution in [3.05, 3.63) is 84.1 Å². The van der Waals surface area contributed by atoms with E-state index in [1.54, 1.807) is 18.6 Å². The van der Waals surface area contributed by atoms with Crippen LogP contribution in [0.4, 0.5) is 24.7 Å². The van der Waals surface area contributed by atoms with Gasteiger partial charge >= 0.3 is 6.18 Å². The minimum Gasteiger partial charge on any atom is -0.388 e. The number of aromatic nitrogens is 4. The van der Waals surface area contributed by atoms with Crippen LogP contribution in [0.15, 0.2) is 67.3 Å². The molecule has 0 atom stereocenters. The van der Waals surface area contributed by atoms with E-state index in [1.807, 2.05) is 26.2 Å². The van der Waals surface area contributed by atoms with E-state index in [0.717, 1.165) is 52.6 Å². The minimum atomic E-state index is -4.42. The number of aryl methyl sites for hydroxylation is 1. The van der Waals surface area contributed by atoms with Crippen LogP contribution in [0.2, 0.25) is 0 Å². The summed E-state index contributed by atoms with van der Waals surface area (Å²) in [6, 6.07) is 11.6. The van der Waals surface area contributed by atoms with E-state index >= 15 is 0 Å². The largest absolute Gasteiger partial charge is 0.416 e. The Hall–Kier alpha value is -4.67. The summed E-state index contributed by atoms with van der Waals surface area (Å²) >= 11 is 0. The van der Waals surface area contributed by atoms with Gasteiger partial charge in [0.25, 0.3) is 0 Å². The van der Waals surface area contributed by atoms with Gasteiger partial charge in [-0.05, 0) is 55.8 Å². The molecule has 8 nitrogen and oxygen atoms in total. The summed E-state index contributed by atoms with van der Waals surface area (Å²) in [6.45, 7) is 3.52. The van der Waals surface area contributed by atoms with Gasteiger partial charge in [-0.25, -0.2) is 9.97 Å². The number of hydrogen-bond donors (Lipinski definition) is 2. The molecule has 0 saturated heterocycles. The molecule has 0 aliphatic carbocycles. The number of pyridine rings is 2. The maximum Gasteiger partial charge on any atom is 0.416 e. The number of anilines is 2. The average Bonchev–Trinajstić information content (AvgIpc) is 2.94. The molecule has 198 valence electrons. The van der Waals surface area contributed by atoms with Crippen molar-refractivity contribution in [2.45, 2.75) is 20.0 Å². The molecule has 0 spiro atoms. The van der Waals surface area contributed by atoms with Gasteiger partial charge in [-0.2, -0.15) is 13.2 Å². The fourth-order valence-electron chi connectivity index (χ4n) is 3.10. The van der Waals surface area contributed by atoms with E-state index in [-0.39, 0.29) is 12.0 Å². The summed E-state index contributed by atoms with van der Waals surface area (Å²) < 4.78 is 35.9. The molecule has 2 N–H and O–H groups in total. The minimum absolute atomic E-state index is 0.218. The van der Waals surface area contributed by atoms with Crippen molar-refractivity contribution in [3.8, 4) is 22.5 Å². The molecule has 0 unspecified atom stereocenters. The van der Waals surface area contributed by atoms with Crippen LogP contribution >= 0.6 is 0 Å². The molecule has 4 rings (SSSR count). The zero-order chi connectivity index (χ0) is 28.1.